The number of rotatable bonds is 5. The lowest BCUT2D eigenvalue weighted by molar-refractivity contribution is -0.385. The number of carboxylic acid groups (broad SMARTS) is 1. The molecule has 0 fully saturated rings. The van der Waals surface area contributed by atoms with Gasteiger partial charge in [0, 0.05) is 17.0 Å². The van der Waals surface area contributed by atoms with E-state index in [4.69, 9.17) is 9.84 Å². The monoisotopic (exact) mass is 305 g/mol. The quantitative estimate of drug-likeness (QED) is 0.513. The van der Waals surface area contributed by atoms with Gasteiger partial charge in [-0.3, -0.25) is 10.1 Å². The molecule has 0 bridgehead atoms. The topological polar surface area (TPSA) is 89.7 Å². The largest absolute Gasteiger partial charge is 0.478 e. The summed E-state index contributed by atoms with van der Waals surface area (Å²) in [6, 6.07) is 10.5. The molecule has 0 aliphatic rings. The van der Waals surface area contributed by atoms with Crippen LogP contribution in [0.25, 0.3) is 0 Å². The Morgan fingerprint density at radius 2 is 1.95 bits per heavy atom. The van der Waals surface area contributed by atoms with Crippen LogP contribution in [0.3, 0.4) is 0 Å². The van der Waals surface area contributed by atoms with E-state index in [9.17, 15) is 14.9 Å². The van der Waals surface area contributed by atoms with Crippen molar-refractivity contribution in [2.24, 2.45) is 0 Å². The molecule has 0 aliphatic carbocycles. The molecule has 0 spiro atoms. The highest BCUT2D eigenvalue weighted by atomic mass is 32.2. The number of carbonyl (C=O) groups is 1. The number of para-hydroxylation sites is 1. The average molecular weight is 305 g/mol. The third-order valence-electron chi connectivity index (χ3n) is 2.69. The van der Waals surface area contributed by atoms with E-state index >= 15 is 0 Å². The molecule has 0 aromatic heterocycles. The third-order valence-corrected chi connectivity index (χ3v) is 3.47. The van der Waals surface area contributed by atoms with Crippen LogP contribution in [0.2, 0.25) is 0 Å². The summed E-state index contributed by atoms with van der Waals surface area (Å²) in [7, 11) is 0. The van der Waals surface area contributed by atoms with E-state index in [1.165, 1.54) is 17.8 Å². The Balaban J connectivity index is 2.48. The van der Waals surface area contributed by atoms with Gasteiger partial charge >= 0.3 is 11.7 Å². The van der Waals surface area contributed by atoms with Crippen LogP contribution in [0.4, 0.5) is 5.69 Å². The zero-order valence-electron chi connectivity index (χ0n) is 11.0. The first-order valence-corrected chi connectivity index (χ1v) is 7.08. The SMILES string of the molecule is CSc1ccccc1Oc1cc(C(=O)O)ccc1[N+](=O)[O-]. The van der Waals surface area contributed by atoms with Crippen LogP contribution in [0.5, 0.6) is 11.5 Å². The van der Waals surface area contributed by atoms with Gasteiger partial charge in [-0.05, 0) is 24.5 Å². The normalized spacial score (nSPS) is 10.1. The van der Waals surface area contributed by atoms with Gasteiger partial charge in [-0.1, -0.05) is 12.1 Å². The summed E-state index contributed by atoms with van der Waals surface area (Å²) in [5.41, 5.74) is -0.354. The number of nitro groups is 1. The number of hydrogen-bond donors (Lipinski definition) is 1. The first-order chi connectivity index (χ1) is 10.0. The van der Waals surface area contributed by atoms with E-state index in [2.05, 4.69) is 0 Å². The molecule has 0 aliphatic heterocycles. The molecule has 0 saturated carbocycles. The lowest BCUT2D eigenvalue weighted by Gasteiger charge is -2.10. The number of benzene rings is 2. The highest BCUT2D eigenvalue weighted by molar-refractivity contribution is 7.98. The second kappa shape index (κ2) is 6.27. The summed E-state index contributed by atoms with van der Waals surface area (Å²) in [6.45, 7) is 0. The molecule has 1 N–H and O–H groups in total. The lowest BCUT2D eigenvalue weighted by Crippen LogP contribution is -2.00. The molecule has 108 valence electrons. The average Bonchev–Trinajstić information content (AvgIpc) is 2.47. The van der Waals surface area contributed by atoms with Gasteiger partial charge in [0.05, 0.1) is 10.5 Å². The van der Waals surface area contributed by atoms with Crippen molar-refractivity contribution in [2.75, 3.05) is 6.26 Å². The predicted octanol–water partition coefficient (Wildman–Crippen LogP) is 3.81. The maximum atomic E-state index is 11.0. The Bertz CT molecular complexity index is 702. The van der Waals surface area contributed by atoms with Crippen LogP contribution in [0.15, 0.2) is 47.4 Å². The van der Waals surface area contributed by atoms with Gasteiger partial charge in [0.15, 0.2) is 0 Å². The fourth-order valence-corrected chi connectivity index (χ4v) is 2.23. The Hall–Kier alpha value is -2.54. The molecule has 21 heavy (non-hydrogen) atoms. The van der Waals surface area contributed by atoms with Crippen molar-refractivity contribution in [3.05, 3.63) is 58.1 Å². The summed E-state index contributed by atoms with van der Waals surface area (Å²) in [5, 5.41) is 20.0. The number of carboxylic acids is 1. The van der Waals surface area contributed by atoms with Gasteiger partial charge in [-0.2, -0.15) is 0 Å². The van der Waals surface area contributed by atoms with Crippen LogP contribution in [-0.2, 0) is 0 Å². The van der Waals surface area contributed by atoms with Gasteiger partial charge in [-0.25, -0.2) is 4.79 Å². The minimum absolute atomic E-state index is 0.0720. The van der Waals surface area contributed by atoms with E-state index in [0.29, 0.717) is 5.75 Å². The third kappa shape index (κ3) is 3.32. The molecule has 2 aromatic rings. The van der Waals surface area contributed by atoms with Crippen molar-refractivity contribution < 1.29 is 19.6 Å². The zero-order chi connectivity index (χ0) is 15.4. The molecular weight excluding hydrogens is 294 g/mol. The highest BCUT2D eigenvalue weighted by Gasteiger charge is 2.19. The minimum atomic E-state index is -1.17. The molecule has 0 amide bonds. The van der Waals surface area contributed by atoms with Crippen molar-refractivity contribution in [1.29, 1.82) is 0 Å². The summed E-state index contributed by atoms with van der Waals surface area (Å²) < 4.78 is 5.56. The summed E-state index contributed by atoms with van der Waals surface area (Å²) in [4.78, 5) is 22.2. The molecule has 0 saturated heterocycles. The van der Waals surface area contributed by atoms with Crippen molar-refractivity contribution in [1.82, 2.24) is 0 Å². The van der Waals surface area contributed by atoms with Gasteiger partial charge < -0.3 is 9.84 Å². The number of nitrogens with zero attached hydrogens (tertiary/aromatic N) is 1. The number of nitro benzene ring substituents is 1. The molecule has 2 aromatic carbocycles. The smallest absolute Gasteiger partial charge is 0.335 e. The van der Waals surface area contributed by atoms with Crippen LogP contribution in [0, 0.1) is 10.1 Å². The van der Waals surface area contributed by atoms with Gasteiger partial charge in [0.25, 0.3) is 0 Å². The Morgan fingerprint density at radius 3 is 2.57 bits per heavy atom. The summed E-state index contributed by atoms with van der Waals surface area (Å²) in [6.07, 6.45) is 1.85. The number of aromatic carboxylic acids is 1. The van der Waals surface area contributed by atoms with Crippen molar-refractivity contribution in [3.8, 4) is 11.5 Å². The first-order valence-electron chi connectivity index (χ1n) is 5.85. The molecule has 0 heterocycles. The van der Waals surface area contributed by atoms with Crippen LogP contribution in [0.1, 0.15) is 10.4 Å². The molecule has 0 radical (unpaired) electrons. The fraction of sp³-hybridized carbons (Fsp3) is 0.0714. The molecule has 6 nitrogen and oxygen atoms in total. The molecule has 7 heteroatoms. The van der Waals surface area contributed by atoms with E-state index in [1.807, 2.05) is 18.4 Å². The molecule has 0 unspecified atom stereocenters. The second-order valence-electron chi connectivity index (χ2n) is 4.00. The molecule has 2 rings (SSSR count). The van der Waals surface area contributed by atoms with E-state index < -0.39 is 10.9 Å². The summed E-state index contributed by atoms with van der Waals surface area (Å²) >= 11 is 1.43. The first kappa shape index (κ1) is 14.9. The van der Waals surface area contributed by atoms with Crippen molar-refractivity contribution in [2.45, 2.75) is 4.90 Å². The predicted molar refractivity (Wildman–Crippen MR) is 78.4 cm³/mol. The van der Waals surface area contributed by atoms with Crippen molar-refractivity contribution >= 4 is 23.4 Å². The lowest BCUT2D eigenvalue weighted by atomic mass is 10.2. The van der Waals surface area contributed by atoms with Crippen molar-refractivity contribution in [3.63, 3.8) is 0 Å². The maximum Gasteiger partial charge on any atom is 0.335 e. The van der Waals surface area contributed by atoms with Gasteiger partial charge in [-0.15, -0.1) is 11.8 Å². The van der Waals surface area contributed by atoms with Crippen LogP contribution >= 0.6 is 11.8 Å². The number of ether oxygens (including phenoxy) is 1. The zero-order valence-corrected chi connectivity index (χ0v) is 11.8. The molecular formula is C14H11NO5S. The second-order valence-corrected chi connectivity index (χ2v) is 4.85. The van der Waals surface area contributed by atoms with Gasteiger partial charge in [0.2, 0.25) is 5.75 Å². The summed E-state index contributed by atoms with van der Waals surface area (Å²) in [5.74, 6) is -0.829. The van der Waals surface area contributed by atoms with E-state index in [-0.39, 0.29) is 17.0 Å². The van der Waals surface area contributed by atoms with Crippen LogP contribution in [-0.4, -0.2) is 22.3 Å². The molecule has 0 atom stereocenters. The fourth-order valence-electron chi connectivity index (χ4n) is 1.70. The van der Waals surface area contributed by atoms with Crippen LogP contribution < -0.4 is 4.74 Å². The van der Waals surface area contributed by atoms with E-state index in [1.54, 1.807) is 12.1 Å². The van der Waals surface area contributed by atoms with E-state index in [0.717, 1.165) is 17.0 Å². The maximum absolute atomic E-state index is 11.0. The van der Waals surface area contributed by atoms with Gasteiger partial charge in [0.1, 0.15) is 5.75 Å². The Kier molecular flexibility index (Phi) is 4.44. The number of hydrogen-bond acceptors (Lipinski definition) is 5. The standard InChI is InChI=1S/C14H11NO5S/c1-21-13-5-3-2-4-11(13)20-12-8-9(14(16)17)6-7-10(12)15(18)19/h2-8H,1H3,(H,16,17). The minimum Gasteiger partial charge on any atom is -0.478 e. The Morgan fingerprint density at radius 1 is 1.24 bits per heavy atom. The highest BCUT2D eigenvalue weighted by Crippen LogP contribution is 2.36. The number of thioether (sulfide) groups is 1. The Labute approximate surface area is 124 Å².